The summed E-state index contributed by atoms with van der Waals surface area (Å²) in [7, 11) is 0. The van der Waals surface area contributed by atoms with E-state index in [1.807, 2.05) is 6.07 Å². The molecule has 0 atom stereocenters. The summed E-state index contributed by atoms with van der Waals surface area (Å²) in [6.45, 7) is 1.67. The van der Waals surface area contributed by atoms with Crippen molar-refractivity contribution in [2.75, 3.05) is 0 Å². The van der Waals surface area contributed by atoms with Crippen LogP contribution >= 0.6 is 0 Å². The van der Waals surface area contributed by atoms with Gasteiger partial charge in [-0.25, -0.2) is 4.98 Å². The lowest BCUT2D eigenvalue weighted by Gasteiger charge is -2.00. The quantitative estimate of drug-likeness (QED) is 0.580. The smallest absolute Gasteiger partial charge is 0.315 e. The molecule has 2 rings (SSSR count). The number of pyridine rings is 2. The Labute approximate surface area is 94.5 Å². The van der Waals surface area contributed by atoms with Crippen LogP contribution in [0.5, 0.6) is 0 Å². The Morgan fingerprint density at radius 1 is 1.53 bits per heavy atom. The molecule has 0 fully saturated rings. The van der Waals surface area contributed by atoms with Crippen LogP contribution in [0.3, 0.4) is 0 Å². The van der Waals surface area contributed by atoms with Gasteiger partial charge in [0.1, 0.15) is 11.8 Å². The fourth-order valence-corrected chi connectivity index (χ4v) is 1.47. The summed E-state index contributed by atoms with van der Waals surface area (Å²) < 4.78 is 0. The van der Waals surface area contributed by atoms with Crippen molar-refractivity contribution in [2.45, 2.75) is 6.92 Å². The van der Waals surface area contributed by atoms with Crippen LogP contribution < -0.4 is 5.56 Å². The maximum atomic E-state index is 11.4. The predicted octanol–water partition coefficient (Wildman–Crippen LogP) is 1.01. The van der Waals surface area contributed by atoms with Crippen LogP contribution in [-0.4, -0.2) is 14.9 Å². The average Bonchev–Trinajstić information content (AvgIpc) is 2.27. The van der Waals surface area contributed by atoms with E-state index in [0.29, 0.717) is 11.1 Å². The van der Waals surface area contributed by atoms with Gasteiger partial charge in [-0.3, -0.25) is 14.9 Å². The minimum absolute atomic E-state index is 0.179. The van der Waals surface area contributed by atoms with Crippen molar-refractivity contribution in [3.8, 4) is 6.07 Å². The molecule has 7 heteroatoms. The standard InChI is InChI=1S/C10H6N4O3/c1-5-2-6-7(12-8(5)4-11)3-9(14(16)17)10(15)13-6/h2-3H,1H3,(H,13,15). The van der Waals surface area contributed by atoms with Gasteiger partial charge in [0.05, 0.1) is 16.0 Å². The van der Waals surface area contributed by atoms with Crippen LogP contribution in [0, 0.1) is 28.4 Å². The monoisotopic (exact) mass is 230 g/mol. The highest BCUT2D eigenvalue weighted by Crippen LogP contribution is 2.15. The number of hydrogen-bond acceptors (Lipinski definition) is 5. The Morgan fingerprint density at radius 2 is 2.24 bits per heavy atom. The number of fused-ring (bicyclic) bond motifs is 1. The lowest BCUT2D eigenvalue weighted by Crippen LogP contribution is -2.11. The molecular weight excluding hydrogens is 224 g/mol. The molecule has 2 aromatic heterocycles. The lowest BCUT2D eigenvalue weighted by atomic mass is 10.2. The Morgan fingerprint density at radius 3 is 2.82 bits per heavy atom. The van der Waals surface area contributed by atoms with Crippen LogP contribution in [0.1, 0.15) is 11.3 Å². The first-order valence-electron chi connectivity index (χ1n) is 4.62. The van der Waals surface area contributed by atoms with Gasteiger partial charge in [-0.1, -0.05) is 0 Å². The minimum Gasteiger partial charge on any atom is -0.315 e. The summed E-state index contributed by atoms with van der Waals surface area (Å²) >= 11 is 0. The molecular formula is C10H6N4O3. The van der Waals surface area contributed by atoms with Crippen molar-refractivity contribution >= 4 is 16.7 Å². The van der Waals surface area contributed by atoms with E-state index in [4.69, 9.17) is 5.26 Å². The molecule has 84 valence electrons. The van der Waals surface area contributed by atoms with Crippen LogP contribution in [-0.2, 0) is 0 Å². The number of aromatic nitrogens is 2. The molecule has 2 heterocycles. The molecule has 7 nitrogen and oxygen atoms in total. The molecule has 0 saturated carbocycles. The molecule has 2 aromatic rings. The third kappa shape index (κ3) is 1.72. The Hall–Kier alpha value is -2.75. The molecule has 1 N–H and O–H groups in total. The Bertz CT molecular complexity index is 727. The second kappa shape index (κ2) is 3.68. The topological polar surface area (TPSA) is 113 Å². The molecule has 0 aliphatic carbocycles. The van der Waals surface area contributed by atoms with Gasteiger partial charge in [0, 0.05) is 6.07 Å². The maximum absolute atomic E-state index is 11.4. The van der Waals surface area contributed by atoms with Crippen LogP contribution in [0.15, 0.2) is 16.9 Å². The molecule has 0 aromatic carbocycles. The van der Waals surface area contributed by atoms with E-state index in [1.54, 1.807) is 13.0 Å². The summed E-state index contributed by atoms with van der Waals surface area (Å²) in [6, 6.07) is 4.50. The molecule has 0 radical (unpaired) electrons. The van der Waals surface area contributed by atoms with Gasteiger partial charge >= 0.3 is 11.2 Å². The van der Waals surface area contributed by atoms with Gasteiger partial charge in [0.25, 0.3) is 0 Å². The highest BCUT2D eigenvalue weighted by molar-refractivity contribution is 5.77. The second-order valence-corrected chi connectivity index (χ2v) is 3.44. The summed E-state index contributed by atoms with van der Waals surface area (Å²) in [4.78, 5) is 27.4. The van der Waals surface area contributed by atoms with Gasteiger partial charge in [-0.2, -0.15) is 5.26 Å². The molecule has 0 amide bonds. The number of nitrogens with zero attached hydrogens (tertiary/aromatic N) is 3. The van der Waals surface area contributed by atoms with Crippen LogP contribution in [0.25, 0.3) is 11.0 Å². The summed E-state index contributed by atoms with van der Waals surface area (Å²) in [5.41, 5.74) is 0.00468. The zero-order chi connectivity index (χ0) is 12.6. The van der Waals surface area contributed by atoms with E-state index in [-0.39, 0.29) is 11.2 Å². The highest BCUT2D eigenvalue weighted by atomic mass is 16.6. The predicted molar refractivity (Wildman–Crippen MR) is 58.5 cm³/mol. The number of aromatic amines is 1. The average molecular weight is 230 g/mol. The first kappa shape index (κ1) is 10.8. The summed E-state index contributed by atoms with van der Waals surface area (Å²) in [5, 5.41) is 19.4. The van der Waals surface area contributed by atoms with Crippen molar-refractivity contribution in [3.05, 3.63) is 43.9 Å². The van der Waals surface area contributed by atoms with Crippen LogP contribution in [0.4, 0.5) is 5.69 Å². The van der Waals surface area contributed by atoms with Gasteiger partial charge in [0.2, 0.25) is 0 Å². The van der Waals surface area contributed by atoms with Gasteiger partial charge in [-0.15, -0.1) is 0 Å². The maximum Gasteiger partial charge on any atom is 0.336 e. The number of nitro groups is 1. The first-order valence-corrected chi connectivity index (χ1v) is 4.62. The fraction of sp³-hybridized carbons (Fsp3) is 0.100. The normalized spacial score (nSPS) is 10.1. The highest BCUT2D eigenvalue weighted by Gasteiger charge is 2.14. The number of H-pyrrole nitrogens is 1. The van der Waals surface area contributed by atoms with Gasteiger partial charge < -0.3 is 4.98 Å². The minimum atomic E-state index is -0.786. The van der Waals surface area contributed by atoms with Crippen molar-refractivity contribution in [1.29, 1.82) is 5.26 Å². The van der Waals surface area contributed by atoms with E-state index < -0.39 is 16.2 Å². The van der Waals surface area contributed by atoms with E-state index in [9.17, 15) is 14.9 Å². The lowest BCUT2D eigenvalue weighted by molar-refractivity contribution is -0.386. The fourth-order valence-electron chi connectivity index (χ4n) is 1.47. The number of nitriles is 1. The Kier molecular flexibility index (Phi) is 2.33. The number of hydrogen-bond donors (Lipinski definition) is 1. The molecule has 0 aliphatic heterocycles. The van der Waals surface area contributed by atoms with Crippen molar-refractivity contribution in [2.24, 2.45) is 0 Å². The van der Waals surface area contributed by atoms with E-state index >= 15 is 0 Å². The number of nitrogens with one attached hydrogen (secondary N) is 1. The third-order valence-electron chi connectivity index (χ3n) is 2.30. The van der Waals surface area contributed by atoms with E-state index in [2.05, 4.69) is 9.97 Å². The Balaban J connectivity index is 2.86. The van der Waals surface area contributed by atoms with Gasteiger partial charge in [0.15, 0.2) is 0 Å². The van der Waals surface area contributed by atoms with Crippen molar-refractivity contribution < 1.29 is 4.92 Å². The zero-order valence-electron chi connectivity index (χ0n) is 8.72. The van der Waals surface area contributed by atoms with E-state index in [0.717, 1.165) is 6.07 Å². The van der Waals surface area contributed by atoms with Crippen molar-refractivity contribution in [1.82, 2.24) is 9.97 Å². The number of aryl methyl sites for hydroxylation is 1. The summed E-state index contributed by atoms with van der Waals surface area (Å²) in [5.74, 6) is 0. The largest absolute Gasteiger partial charge is 0.336 e. The summed E-state index contributed by atoms with van der Waals surface area (Å²) in [6.07, 6.45) is 0. The molecule has 0 aliphatic rings. The molecule has 0 spiro atoms. The SMILES string of the molecule is Cc1cc2[nH]c(=O)c([N+](=O)[O-])cc2nc1C#N. The van der Waals surface area contributed by atoms with Crippen LogP contribution in [0.2, 0.25) is 0 Å². The molecule has 0 bridgehead atoms. The van der Waals surface area contributed by atoms with E-state index in [1.165, 1.54) is 0 Å². The number of rotatable bonds is 1. The third-order valence-corrected chi connectivity index (χ3v) is 2.30. The first-order chi connectivity index (χ1) is 8.02. The molecule has 0 unspecified atom stereocenters. The molecule has 17 heavy (non-hydrogen) atoms. The zero-order valence-corrected chi connectivity index (χ0v) is 8.72. The second-order valence-electron chi connectivity index (χ2n) is 3.44. The van der Waals surface area contributed by atoms with Gasteiger partial charge in [-0.05, 0) is 18.6 Å². The van der Waals surface area contributed by atoms with Crippen molar-refractivity contribution in [3.63, 3.8) is 0 Å². The molecule has 0 saturated heterocycles.